The molecule has 1 unspecified atom stereocenters. The lowest BCUT2D eigenvalue weighted by Gasteiger charge is -2.34. The van der Waals surface area contributed by atoms with Crippen LogP contribution in [0.25, 0.3) is 27.7 Å². The van der Waals surface area contributed by atoms with E-state index in [1.165, 1.54) is 5.57 Å². The van der Waals surface area contributed by atoms with Crippen LogP contribution in [-0.4, -0.2) is 50.1 Å². The van der Waals surface area contributed by atoms with Gasteiger partial charge in [0.05, 0.1) is 11.3 Å². The van der Waals surface area contributed by atoms with E-state index >= 15 is 0 Å². The number of hydrogen-bond donors (Lipinski definition) is 3. The van der Waals surface area contributed by atoms with Crippen LogP contribution in [0.3, 0.4) is 0 Å². The summed E-state index contributed by atoms with van der Waals surface area (Å²) in [6.07, 6.45) is 7.52. The van der Waals surface area contributed by atoms with Crippen LogP contribution in [0, 0.1) is 0 Å². The van der Waals surface area contributed by atoms with Crippen molar-refractivity contribution in [3.05, 3.63) is 78.9 Å². The molecule has 3 aromatic heterocycles. The summed E-state index contributed by atoms with van der Waals surface area (Å²) in [4.78, 5) is 14.2. The maximum atomic E-state index is 10.4. The minimum atomic E-state index is -0.907. The number of anilines is 2. The molecule has 3 N–H and O–H groups in total. The molecular weight excluding hydrogens is 438 g/mol. The van der Waals surface area contributed by atoms with Gasteiger partial charge in [-0.25, -0.2) is 4.98 Å². The van der Waals surface area contributed by atoms with Crippen molar-refractivity contribution in [1.82, 2.24) is 19.9 Å². The van der Waals surface area contributed by atoms with E-state index in [1.807, 2.05) is 56.3 Å². The fraction of sp³-hybridized carbons (Fsp3) is 0.286. The highest BCUT2D eigenvalue weighted by atomic mass is 16.6. The second-order valence-corrected chi connectivity index (χ2v) is 9.78. The quantitative estimate of drug-likeness (QED) is 0.321. The summed E-state index contributed by atoms with van der Waals surface area (Å²) in [5.41, 5.74) is 6.90. The van der Waals surface area contributed by atoms with E-state index in [4.69, 9.17) is 4.74 Å². The number of nitrogens with one attached hydrogen (secondary N) is 2. The van der Waals surface area contributed by atoms with Gasteiger partial charge in [-0.2, -0.15) is 0 Å². The average molecular weight is 470 g/mol. The third-order valence-electron chi connectivity index (χ3n) is 6.03. The standard InChI is InChI=1S/C28H31N5O2/c1-28(2,3)35-27(34)33-14-10-19(11-15-33)25-17-23-24(9-13-30-26(23)32-25)31-22-8-4-6-20(16-22)21-7-5-12-29-18-21/h4-10,12-13,16-18,27,34H,11,14-15H2,1-3H3,(H2,30,31,32). The van der Waals surface area contributed by atoms with Crippen molar-refractivity contribution >= 4 is 28.0 Å². The van der Waals surface area contributed by atoms with Gasteiger partial charge in [0.25, 0.3) is 0 Å². The zero-order valence-corrected chi connectivity index (χ0v) is 20.3. The summed E-state index contributed by atoms with van der Waals surface area (Å²) < 4.78 is 5.70. The number of H-pyrrole nitrogens is 1. The topological polar surface area (TPSA) is 86.3 Å². The predicted molar refractivity (Wildman–Crippen MR) is 140 cm³/mol. The van der Waals surface area contributed by atoms with Gasteiger partial charge in [-0.15, -0.1) is 0 Å². The Labute approximate surface area is 205 Å². The molecule has 7 nitrogen and oxygen atoms in total. The molecule has 5 rings (SSSR count). The van der Waals surface area contributed by atoms with Gasteiger partial charge in [0.1, 0.15) is 5.65 Å². The van der Waals surface area contributed by atoms with Crippen LogP contribution in [0.4, 0.5) is 11.4 Å². The van der Waals surface area contributed by atoms with Crippen LogP contribution in [0.1, 0.15) is 32.9 Å². The van der Waals surface area contributed by atoms with E-state index in [2.05, 4.69) is 56.7 Å². The number of aliphatic hydroxyl groups is 1. The fourth-order valence-electron chi connectivity index (χ4n) is 4.30. The summed E-state index contributed by atoms with van der Waals surface area (Å²) >= 11 is 0. The van der Waals surface area contributed by atoms with E-state index in [9.17, 15) is 5.11 Å². The number of hydrogen-bond acceptors (Lipinski definition) is 6. The van der Waals surface area contributed by atoms with Crippen molar-refractivity contribution in [2.24, 2.45) is 0 Å². The number of aliphatic hydroxyl groups excluding tert-OH is 1. The molecule has 4 aromatic rings. The zero-order valence-electron chi connectivity index (χ0n) is 20.3. The zero-order chi connectivity index (χ0) is 24.4. The molecule has 4 heterocycles. The van der Waals surface area contributed by atoms with Gasteiger partial charge in [0.2, 0.25) is 6.41 Å². The average Bonchev–Trinajstić information content (AvgIpc) is 3.29. The minimum Gasteiger partial charge on any atom is -0.356 e. The highest BCUT2D eigenvalue weighted by Crippen LogP contribution is 2.31. The second kappa shape index (κ2) is 9.62. The molecule has 0 amide bonds. The number of aromatic amines is 1. The Morgan fingerprint density at radius 3 is 2.69 bits per heavy atom. The minimum absolute atomic E-state index is 0.396. The fourth-order valence-corrected chi connectivity index (χ4v) is 4.30. The number of pyridine rings is 2. The number of ether oxygens (including phenoxy) is 1. The van der Waals surface area contributed by atoms with Crippen LogP contribution < -0.4 is 5.32 Å². The van der Waals surface area contributed by atoms with E-state index < -0.39 is 12.0 Å². The van der Waals surface area contributed by atoms with Gasteiger partial charge in [-0.05, 0) is 68.7 Å². The number of rotatable bonds is 6. The first kappa shape index (κ1) is 23.2. The Balaban J connectivity index is 1.35. The maximum absolute atomic E-state index is 10.4. The van der Waals surface area contributed by atoms with Crippen molar-refractivity contribution in [3.8, 4) is 11.1 Å². The first-order valence-corrected chi connectivity index (χ1v) is 11.9. The summed E-state index contributed by atoms with van der Waals surface area (Å²) in [5, 5.41) is 15.0. The van der Waals surface area contributed by atoms with Crippen molar-refractivity contribution in [1.29, 1.82) is 0 Å². The van der Waals surface area contributed by atoms with E-state index in [-0.39, 0.29) is 0 Å². The SMILES string of the molecule is CC(C)(C)OC(O)N1CC=C(c2cc3c(Nc4cccc(-c5cccnc5)c4)ccnc3[nH]2)CC1. The van der Waals surface area contributed by atoms with Crippen LogP contribution in [0.2, 0.25) is 0 Å². The molecule has 1 atom stereocenters. The first-order valence-electron chi connectivity index (χ1n) is 11.9. The molecule has 1 aromatic carbocycles. The van der Waals surface area contributed by atoms with Crippen molar-refractivity contribution in [3.63, 3.8) is 0 Å². The third-order valence-corrected chi connectivity index (χ3v) is 6.03. The molecule has 0 spiro atoms. The van der Waals surface area contributed by atoms with E-state index in [0.717, 1.165) is 52.2 Å². The van der Waals surface area contributed by atoms with Crippen molar-refractivity contribution in [2.45, 2.75) is 39.2 Å². The lowest BCUT2D eigenvalue weighted by Crippen LogP contribution is -2.43. The predicted octanol–water partition coefficient (Wildman–Crippen LogP) is 5.55. The lowest BCUT2D eigenvalue weighted by atomic mass is 10.0. The second-order valence-electron chi connectivity index (χ2n) is 9.78. The number of nitrogens with zero attached hydrogens (tertiary/aromatic N) is 3. The van der Waals surface area contributed by atoms with Gasteiger partial charge in [-0.1, -0.05) is 24.3 Å². The molecule has 0 bridgehead atoms. The summed E-state index contributed by atoms with van der Waals surface area (Å²) in [6, 6.07) is 16.5. The highest BCUT2D eigenvalue weighted by Gasteiger charge is 2.25. The van der Waals surface area contributed by atoms with Crippen LogP contribution in [-0.2, 0) is 4.74 Å². The smallest absolute Gasteiger partial charge is 0.216 e. The van der Waals surface area contributed by atoms with Gasteiger partial charge in [0, 0.05) is 54.0 Å². The normalized spacial score (nSPS) is 15.7. The molecule has 0 radical (unpaired) electrons. The maximum Gasteiger partial charge on any atom is 0.216 e. The Morgan fingerprint density at radius 2 is 1.94 bits per heavy atom. The molecule has 1 aliphatic rings. The Kier molecular flexibility index (Phi) is 6.38. The summed E-state index contributed by atoms with van der Waals surface area (Å²) in [6.45, 7) is 7.18. The molecule has 35 heavy (non-hydrogen) atoms. The van der Waals surface area contributed by atoms with Gasteiger partial charge < -0.3 is 20.1 Å². The molecule has 0 aliphatic carbocycles. The lowest BCUT2D eigenvalue weighted by molar-refractivity contribution is -0.236. The molecule has 0 fully saturated rings. The first-order chi connectivity index (χ1) is 16.9. The Hall–Kier alpha value is -3.52. The molecule has 180 valence electrons. The number of benzene rings is 1. The van der Waals surface area contributed by atoms with Gasteiger partial charge >= 0.3 is 0 Å². The monoisotopic (exact) mass is 469 g/mol. The molecule has 1 aliphatic heterocycles. The largest absolute Gasteiger partial charge is 0.356 e. The third kappa shape index (κ3) is 5.43. The van der Waals surface area contributed by atoms with Gasteiger partial charge in [-0.3, -0.25) is 9.88 Å². The molecular formula is C28H31N5O2. The van der Waals surface area contributed by atoms with Crippen LogP contribution in [0.5, 0.6) is 0 Å². The summed E-state index contributed by atoms with van der Waals surface area (Å²) in [5.74, 6) is 0. The van der Waals surface area contributed by atoms with Crippen LogP contribution in [0.15, 0.2) is 73.2 Å². The Bertz CT molecular complexity index is 1340. The number of aromatic nitrogens is 3. The van der Waals surface area contributed by atoms with E-state index in [1.54, 1.807) is 6.20 Å². The van der Waals surface area contributed by atoms with Crippen molar-refractivity contribution in [2.75, 3.05) is 18.4 Å². The van der Waals surface area contributed by atoms with Crippen LogP contribution >= 0.6 is 0 Å². The molecule has 7 heteroatoms. The molecule has 0 saturated heterocycles. The van der Waals surface area contributed by atoms with Gasteiger partial charge in [0.15, 0.2) is 0 Å². The van der Waals surface area contributed by atoms with Crippen molar-refractivity contribution < 1.29 is 9.84 Å². The number of fused-ring (bicyclic) bond motifs is 1. The molecule has 0 saturated carbocycles. The highest BCUT2D eigenvalue weighted by molar-refractivity contribution is 5.94. The Morgan fingerprint density at radius 1 is 1.09 bits per heavy atom. The van der Waals surface area contributed by atoms with E-state index in [0.29, 0.717) is 6.54 Å². The summed E-state index contributed by atoms with van der Waals surface area (Å²) in [7, 11) is 0.